The summed E-state index contributed by atoms with van der Waals surface area (Å²) in [6, 6.07) is 6.81. The van der Waals surface area contributed by atoms with E-state index in [9.17, 15) is 9.59 Å². The summed E-state index contributed by atoms with van der Waals surface area (Å²) in [6.45, 7) is 7.16. The van der Waals surface area contributed by atoms with Crippen LogP contribution in [0.1, 0.15) is 60.0 Å². The molecule has 0 radical (unpaired) electrons. The van der Waals surface area contributed by atoms with Crippen LogP contribution in [-0.2, 0) is 4.79 Å². The molecule has 2 aromatic rings. The number of carbonyl (C=O) groups excluding carboxylic acids is 1. The summed E-state index contributed by atoms with van der Waals surface area (Å²) < 4.78 is 5.22. The molecule has 2 N–H and O–H groups in total. The number of nitrogens with one attached hydrogen (secondary N) is 1. The number of amides is 1. The smallest absolute Gasteiger partial charge is 0.310 e. The lowest BCUT2D eigenvalue weighted by molar-refractivity contribution is -0.138. The van der Waals surface area contributed by atoms with Crippen LogP contribution in [0.4, 0.5) is 5.69 Å². The number of nitrogens with zero attached hydrogens (tertiary/aromatic N) is 1. The van der Waals surface area contributed by atoms with Crippen molar-refractivity contribution < 1.29 is 19.2 Å². The summed E-state index contributed by atoms with van der Waals surface area (Å²) in [5, 5.41) is 15.7. The Bertz CT molecular complexity index is 734. The Labute approximate surface area is 134 Å². The summed E-state index contributed by atoms with van der Waals surface area (Å²) in [6.07, 6.45) is 0. The lowest BCUT2D eigenvalue weighted by atomic mass is 10.0. The molecule has 0 bridgehead atoms. The van der Waals surface area contributed by atoms with Gasteiger partial charge in [-0.1, -0.05) is 31.1 Å². The predicted molar refractivity (Wildman–Crippen MR) is 85.8 cm³/mol. The van der Waals surface area contributed by atoms with Crippen LogP contribution in [-0.4, -0.2) is 22.1 Å². The number of rotatable bonds is 5. The average molecular weight is 316 g/mol. The van der Waals surface area contributed by atoms with Crippen molar-refractivity contribution in [2.24, 2.45) is 0 Å². The van der Waals surface area contributed by atoms with Crippen molar-refractivity contribution in [3.8, 4) is 0 Å². The highest BCUT2D eigenvalue weighted by Crippen LogP contribution is 2.24. The molecule has 6 nitrogen and oxygen atoms in total. The van der Waals surface area contributed by atoms with Crippen LogP contribution in [0.15, 0.2) is 28.8 Å². The van der Waals surface area contributed by atoms with Crippen LogP contribution in [0.2, 0.25) is 0 Å². The van der Waals surface area contributed by atoms with E-state index in [1.54, 1.807) is 38.1 Å². The molecule has 0 aliphatic rings. The zero-order valence-electron chi connectivity index (χ0n) is 13.6. The Morgan fingerprint density at radius 1 is 1.26 bits per heavy atom. The fourth-order valence-electron chi connectivity index (χ4n) is 2.28. The summed E-state index contributed by atoms with van der Waals surface area (Å²) >= 11 is 0. The third-order valence-corrected chi connectivity index (χ3v) is 3.66. The van der Waals surface area contributed by atoms with Crippen LogP contribution in [0.5, 0.6) is 0 Å². The van der Waals surface area contributed by atoms with Gasteiger partial charge in [-0.2, -0.15) is 0 Å². The third-order valence-electron chi connectivity index (χ3n) is 3.66. The van der Waals surface area contributed by atoms with Gasteiger partial charge in [0.25, 0.3) is 5.91 Å². The van der Waals surface area contributed by atoms with Crippen LogP contribution in [0.25, 0.3) is 0 Å². The molecule has 0 fully saturated rings. The summed E-state index contributed by atoms with van der Waals surface area (Å²) in [4.78, 5) is 23.6. The van der Waals surface area contributed by atoms with E-state index in [1.807, 2.05) is 13.8 Å². The molecule has 6 heteroatoms. The third kappa shape index (κ3) is 3.59. The Morgan fingerprint density at radius 2 is 1.96 bits per heavy atom. The lowest BCUT2D eigenvalue weighted by Crippen LogP contribution is -2.15. The first-order valence-corrected chi connectivity index (χ1v) is 7.41. The van der Waals surface area contributed by atoms with E-state index < -0.39 is 11.9 Å². The van der Waals surface area contributed by atoms with E-state index >= 15 is 0 Å². The molecule has 1 heterocycles. The second kappa shape index (κ2) is 6.64. The largest absolute Gasteiger partial charge is 0.481 e. The van der Waals surface area contributed by atoms with Gasteiger partial charge in [0, 0.05) is 11.6 Å². The molecule has 1 amide bonds. The van der Waals surface area contributed by atoms with Crippen LogP contribution >= 0.6 is 0 Å². The number of carbonyl (C=O) groups is 2. The van der Waals surface area contributed by atoms with Crippen molar-refractivity contribution in [2.45, 2.75) is 39.5 Å². The first-order valence-electron chi connectivity index (χ1n) is 7.41. The number of aliphatic carboxylic acids is 1. The molecule has 2 rings (SSSR count). The van der Waals surface area contributed by atoms with Gasteiger partial charge in [-0.3, -0.25) is 9.59 Å². The van der Waals surface area contributed by atoms with Gasteiger partial charge in [0.15, 0.2) is 5.76 Å². The van der Waals surface area contributed by atoms with Gasteiger partial charge in [0.1, 0.15) is 5.56 Å². The quantitative estimate of drug-likeness (QED) is 0.880. The first-order chi connectivity index (χ1) is 10.8. The maximum Gasteiger partial charge on any atom is 0.310 e. The lowest BCUT2D eigenvalue weighted by Gasteiger charge is -2.10. The topological polar surface area (TPSA) is 92.4 Å². The molecular formula is C17H20N2O4. The molecule has 1 atom stereocenters. The second-order valence-electron chi connectivity index (χ2n) is 5.80. The van der Waals surface area contributed by atoms with Crippen molar-refractivity contribution >= 4 is 17.6 Å². The number of aryl methyl sites for hydroxylation is 1. The number of aromatic nitrogens is 1. The number of hydrogen-bond donors (Lipinski definition) is 2. The Balaban J connectivity index is 2.26. The molecule has 0 aliphatic heterocycles. The fraction of sp³-hybridized carbons (Fsp3) is 0.353. The molecule has 23 heavy (non-hydrogen) atoms. The van der Waals surface area contributed by atoms with Gasteiger partial charge >= 0.3 is 5.97 Å². The summed E-state index contributed by atoms with van der Waals surface area (Å²) in [5.74, 6) is -1.29. The van der Waals surface area contributed by atoms with E-state index in [4.69, 9.17) is 9.63 Å². The highest BCUT2D eigenvalue weighted by molar-refractivity contribution is 6.05. The minimum absolute atomic E-state index is 0.0373. The predicted octanol–water partition coefficient (Wildman–Crippen LogP) is 3.55. The SMILES string of the molecule is Cc1noc(C(C)C)c1C(=O)Nc1cccc(C(C)C(=O)O)c1. The van der Waals surface area contributed by atoms with Gasteiger partial charge in [-0.05, 0) is 31.5 Å². The maximum atomic E-state index is 12.5. The van der Waals surface area contributed by atoms with Gasteiger partial charge < -0.3 is 14.9 Å². The standard InChI is InChI=1S/C17H20N2O4/c1-9(2)15-14(11(4)19-23-15)16(20)18-13-7-5-6-12(8-13)10(3)17(21)22/h5-10H,1-4H3,(H,18,20)(H,21,22). The molecule has 0 saturated carbocycles. The summed E-state index contributed by atoms with van der Waals surface area (Å²) in [7, 11) is 0. The summed E-state index contributed by atoms with van der Waals surface area (Å²) in [5.41, 5.74) is 2.12. The van der Waals surface area contributed by atoms with Crippen molar-refractivity contribution in [1.29, 1.82) is 0 Å². The zero-order chi connectivity index (χ0) is 17.1. The molecule has 0 saturated heterocycles. The monoisotopic (exact) mass is 316 g/mol. The highest BCUT2D eigenvalue weighted by Gasteiger charge is 2.23. The molecule has 1 aromatic heterocycles. The normalized spacial score (nSPS) is 12.2. The number of anilines is 1. The van der Waals surface area contributed by atoms with Gasteiger partial charge in [-0.25, -0.2) is 0 Å². The van der Waals surface area contributed by atoms with E-state index in [-0.39, 0.29) is 11.8 Å². The fourth-order valence-corrected chi connectivity index (χ4v) is 2.28. The van der Waals surface area contributed by atoms with Crippen molar-refractivity contribution in [2.75, 3.05) is 5.32 Å². The Hall–Kier alpha value is -2.63. The van der Waals surface area contributed by atoms with E-state index in [1.165, 1.54) is 0 Å². The Morgan fingerprint density at radius 3 is 2.57 bits per heavy atom. The molecule has 1 unspecified atom stereocenters. The van der Waals surface area contributed by atoms with E-state index in [2.05, 4.69) is 10.5 Å². The number of benzene rings is 1. The number of carboxylic acids is 1. The Kier molecular flexibility index (Phi) is 4.83. The maximum absolute atomic E-state index is 12.5. The van der Waals surface area contributed by atoms with Crippen LogP contribution in [0.3, 0.4) is 0 Å². The van der Waals surface area contributed by atoms with E-state index in [0.717, 1.165) is 0 Å². The highest BCUT2D eigenvalue weighted by atomic mass is 16.5. The van der Waals surface area contributed by atoms with Gasteiger partial charge in [-0.15, -0.1) is 0 Å². The van der Waals surface area contributed by atoms with Crippen molar-refractivity contribution in [3.63, 3.8) is 0 Å². The number of carboxylic acid groups (broad SMARTS) is 1. The molecule has 122 valence electrons. The molecule has 0 aliphatic carbocycles. The minimum Gasteiger partial charge on any atom is -0.481 e. The molecule has 0 spiro atoms. The molecule has 1 aromatic carbocycles. The minimum atomic E-state index is -0.912. The molecular weight excluding hydrogens is 296 g/mol. The van der Waals surface area contributed by atoms with Crippen LogP contribution < -0.4 is 5.32 Å². The number of hydrogen-bond acceptors (Lipinski definition) is 4. The average Bonchev–Trinajstić information content (AvgIpc) is 2.88. The zero-order valence-corrected chi connectivity index (χ0v) is 13.6. The van der Waals surface area contributed by atoms with Gasteiger partial charge in [0.05, 0.1) is 11.6 Å². The first kappa shape index (κ1) is 16.7. The van der Waals surface area contributed by atoms with Gasteiger partial charge in [0.2, 0.25) is 0 Å². The van der Waals surface area contributed by atoms with E-state index in [0.29, 0.717) is 28.3 Å². The second-order valence-corrected chi connectivity index (χ2v) is 5.80. The van der Waals surface area contributed by atoms with Crippen LogP contribution in [0, 0.1) is 6.92 Å². The van der Waals surface area contributed by atoms with Crippen molar-refractivity contribution in [1.82, 2.24) is 5.16 Å². The van der Waals surface area contributed by atoms with Crippen molar-refractivity contribution in [3.05, 3.63) is 46.8 Å².